The van der Waals surface area contributed by atoms with E-state index in [0.717, 1.165) is 5.69 Å². The highest BCUT2D eigenvalue weighted by atomic mass is 16.2. The van der Waals surface area contributed by atoms with E-state index in [1.54, 1.807) is 10.9 Å². The molecule has 2 aromatic rings. The zero-order chi connectivity index (χ0) is 14.7. The van der Waals surface area contributed by atoms with Gasteiger partial charge in [0.05, 0.1) is 11.9 Å². The molecule has 0 fully saturated rings. The summed E-state index contributed by atoms with van der Waals surface area (Å²) in [5.41, 5.74) is 3.65. The Labute approximate surface area is 119 Å². The first-order valence-corrected chi connectivity index (χ1v) is 6.75. The molecule has 0 saturated heterocycles. The van der Waals surface area contributed by atoms with E-state index in [4.69, 9.17) is 0 Å². The Hall–Kier alpha value is -2.17. The minimum Gasteiger partial charge on any atom is -0.350 e. The average Bonchev–Trinajstić information content (AvgIpc) is 2.89. The van der Waals surface area contributed by atoms with Gasteiger partial charge < -0.3 is 5.32 Å². The maximum Gasteiger partial charge on any atom is 0.273 e. The quantitative estimate of drug-likeness (QED) is 0.928. The number of nitrogens with zero attached hydrogens (tertiary/aromatic N) is 3. The molecule has 1 aromatic carbocycles. The lowest BCUT2D eigenvalue weighted by atomic mass is 10.1. The van der Waals surface area contributed by atoms with Gasteiger partial charge in [-0.2, -0.15) is 0 Å². The van der Waals surface area contributed by atoms with Gasteiger partial charge in [-0.3, -0.25) is 4.79 Å². The molecule has 1 heterocycles. The molecule has 0 saturated carbocycles. The van der Waals surface area contributed by atoms with Crippen molar-refractivity contribution in [1.29, 1.82) is 0 Å². The van der Waals surface area contributed by atoms with Crippen LogP contribution in [0.15, 0.2) is 24.4 Å². The lowest BCUT2D eigenvalue weighted by Crippen LogP contribution is -2.27. The Bertz CT molecular complexity index is 616. The van der Waals surface area contributed by atoms with E-state index in [-0.39, 0.29) is 5.91 Å². The van der Waals surface area contributed by atoms with Gasteiger partial charge in [-0.15, -0.1) is 5.10 Å². The standard InChI is InChI=1S/C15H20N4O/c1-10(2)8-16-15(20)14-9-19(18-17-14)13-6-5-11(3)12(4)7-13/h5-7,9-10H,8H2,1-4H3,(H,16,20). The van der Waals surface area contributed by atoms with Gasteiger partial charge in [0.25, 0.3) is 5.91 Å². The van der Waals surface area contributed by atoms with Gasteiger partial charge in [-0.25, -0.2) is 4.68 Å². The van der Waals surface area contributed by atoms with Crippen LogP contribution in [0.1, 0.15) is 35.5 Å². The Kier molecular flexibility index (Phi) is 4.17. The van der Waals surface area contributed by atoms with Crippen molar-refractivity contribution in [2.75, 3.05) is 6.54 Å². The summed E-state index contributed by atoms with van der Waals surface area (Å²) in [5, 5.41) is 10.8. The Morgan fingerprint density at radius 1 is 1.30 bits per heavy atom. The highest BCUT2D eigenvalue weighted by molar-refractivity contribution is 5.91. The number of nitrogens with one attached hydrogen (secondary N) is 1. The summed E-state index contributed by atoms with van der Waals surface area (Å²) < 4.78 is 1.62. The van der Waals surface area contributed by atoms with Gasteiger partial charge in [0, 0.05) is 6.54 Å². The van der Waals surface area contributed by atoms with Crippen LogP contribution in [-0.2, 0) is 0 Å². The molecule has 2 rings (SSSR count). The summed E-state index contributed by atoms with van der Waals surface area (Å²) in [6.45, 7) is 8.84. The molecule has 0 aliphatic carbocycles. The first-order valence-electron chi connectivity index (χ1n) is 6.75. The van der Waals surface area contributed by atoms with Crippen LogP contribution < -0.4 is 5.32 Å². The van der Waals surface area contributed by atoms with Crippen LogP contribution in [0.4, 0.5) is 0 Å². The molecule has 106 valence electrons. The highest BCUT2D eigenvalue weighted by Crippen LogP contribution is 2.13. The number of carbonyl (C=O) groups is 1. The van der Waals surface area contributed by atoms with Gasteiger partial charge in [0.1, 0.15) is 0 Å². The van der Waals surface area contributed by atoms with E-state index in [1.165, 1.54) is 11.1 Å². The van der Waals surface area contributed by atoms with E-state index in [0.29, 0.717) is 18.2 Å². The molecule has 0 spiro atoms. The van der Waals surface area contributed by atoms with Crippen molar-refractivity contribution in [3.63, 3.8) is 0 Å². The number of aromatic nitrogens is 3. The number of rotatable bonds is 4. The first kappa shape index (κ1) is 14.2. The van der Waals surface area contributed by atoms with Crippen molar-refractivity contribution in [2.45, 2.75) is 27.7 Å². The summed E-state index contributed by atoms with van der Waals surface area (Å²) >= 11 is 0. The molecule has 0 aliphatic heterocycles. The predicted molar refractivity (Wildman–Crippen MR) is 78.0 cm³/mol. The van der Waals surface area contributed by atoms with Crippen LogP contribution in [0.3, 0.4) is 0 Å². The van der Waals surface area contributed by atoms with Crippen molar-refractivity contribution >= 4 is 5.91 Å². The van der Waals surface area contributed by atoms with E-state index >= 15 is 0 Å². The van der Waals surface area contributed by atoms with E-state index in [1.807, 2.05) is 39.0 Å². The van der Waals surface area contributed by atoms with Crippen LogP contribution >= 0.6 is 0 Å². The smallest absolute Gasteiger partial charge is 0.273 e. The fourth-order valence-corrected chi connectivity index (χ4v) is 1.75. The number of aryl methyl sites for hydroxylation is 2. The van der Waals surface area contributed by atoms with Crippen LogP contribution in [0, 0.1) is 19.8 Å². The molecule has 0 aliphatic rings. The third-order valence-electron chi connectivity index (χ3n) is 3.15. The zero-order valence-corrected chi connectivity index (χ0v) is 12.3. The molecule has 20 heavy (non-hydrogen) atoms. The Morgan fingerprint density at radius 3 is 2.70 bits per heavy atom. The van der Waals surface area contributed by atoms with Gasteiger partial charge in [-0.05, 0) is 43.0 Å². The van der Waals surface area contributed by atoms with Crippen molar-refractivity contribution in [1.82, 2.24) is 20.3 Å². The zero-order valence-electron chi connectivity index (χ0n) is 12.3. The number of hydrogen-bond acceptors (Lipinski definition) is 3. The highest BCUT2D eigenvalue weighted by Gasteiger charge is 2.11. The number of amides is 1. The maximum atomic E-state index is 11.9. The fourth-order valence-electron chi connectivity index (χ4n) is 1.75. The number of hydrogen-bond donors (Lipinski definition) is 1. The van der Waals surface area contributed by atoms with Gasteiger partial charge in [0.2, 0.25) is 0 Å². The van der Waals surface area contributed by atoms with Crippen LogP contribution in [0.2, 0.25) is 0 Å². The predicted octanol–water partition coefficient (Wildman–Crippen LogP) is 2.27. The molecule has 0 radical (unpaired) electrons. The molecular weight excluding hydrogens is 252 g/mol. The molecule has 5 nitrogen and oxygen atoms in total. The van der Waals surface area contributed by atoms with E-state index in [2.05, 4.69) is 22.6 Å². The molecule has 5 heteroatoms. The number of benzene rings is 1. The van der Waals surface area contributed by atoms with Crippen LogP contribution in [-0.4, -0.2) is 27.4 Å². The maximum absolute atomic E-state index is 11.9. The van der Waals surface area contributed by atoms with E-state index in [9.17, 15) is 4.79 Å². The third-order valence-corrected chi connectivity index (χ3v) is 3.15. The number of carbonyl (C=O) groups excluding carboxylic acids is 1. The van der Waals surface area contributed by atoms with Gasteiger partial charge in [-0.1, -0.05) is 25.1 Å². The van der Waals surface area contributed by atoms with Crippen molar-refractivity contribution in [2.24, 2.45) is 5.92 Å². The summed E-state index contributed by atoms with van der Waals surface area (Å²) in [4.78, 5) is 11.9. The molecular formula is C15H20N4O. The van der Waals surface area contributed by atoms with Gasteiger partial charge in [0.15, 0.2) is 5.69 Å². The summed E-state index contributed by atoms with van der Waals surface area (Å²) in [7, 11) is 0. The summed E-state index contributed by atoms with van der Waals surface area (Å²) in [6.07, 6.45) is 1.65. The third kappa shape index (κ3) is 3.23. The van der Waals surface area contributed by atoms with Crippen LogP contribution in [0.25, 0.3) is 5.69 Å². The lowest BCUT2D eigenvalue weighted by molar-refractivity contribution is 0.0944. The molecule has 0 unspecified atom stereocenters. The average molecular weight is 272 g/mol. The Balaban J connectivity index is 2.16. The second-order valence-corrected chi connectivity index (χ2v) is 5.42. The van der Waals surface area contributed by atoms with Crippen molar-refractivity contribution in [3.05, 3.63) is 41.2 Å². The minimum atomic E-state index is -0.186. The van der Waals surface area contributed by atoms with Crippen molar-refractivity contribution in [3.8, 4) is 5.69 Å². The van der Waals surface area contributed by atoms with Crippen molar-refractivity contribution < 1.29 is 4.79 Å². The van der Waals surface area contributed by atoms with Crippen LogP contribution in [0.5, 0.6) is 0 Å². The van der Waals surface area contributed by atoms with Gasteiger partial charge >= 0.3 is 0 Å². The second kappa shape index (κ2) is 5.86. The first-order chi connectivity index (χ1) is 9.47. The second-order valence-electron chi connectivity index (χ2n) is 5.42. The summed E-state index contributed by atoms with van der Waals surface area (Å²) in [6, 6.07) is 6.03. The molecule has 0 atom stereocenters. The fraction of sp³-hybridized carbons (Fsp3) is 0.400. The van der Waals surface area contributed by atoms with E-state index < -0.39 is 0 Å². The lowest BCUT2D eigenvalue weighted by Gasteiger charge is -2.05. The molecule has 1 amide bonds. The minimum absolute atomic E-state index is 0.186. The largest absolute Gasteiger partial charge is 0.350 e. The molecule has 1 aromatic heterocycles. The Morgan fingerprint density at radius 2 is 2.05 bits per heavy atom. The normalized spacial score (nSPS) is 10.8. The molecule has 1 N–H and O–H groups in total. The SMILES string of the molecule is Cc1ccc(-n2cc(C(=O)NCC(C)C)nn2)cc1C. The monoisotopic (exact) mass is 272 g/mol. The molecule has 0 bridgehead atoms. The summed E-state index contributed by atoms with van der Waals surface area (Å²) in [5.74, 6) is 0.225. The topological polar surface area (TPSA) is 59.8 Å².